The third-order valence-corrected chi connectivity index (χ3v) is 3.58. The molecule has 0 amide bonds. The Hall–Kier alpha value is -3.01. The van der Waals surface area contributed by atoms with Crippen LogP contribution < -0.4 is 4.74 Å². The van der Waals surface area contributed by atoms with Crippen LogP contribution in [0.5, 0.6) is 5.75 Å². The maximum atomic E-state index is 11.0. The third kappa shape index (κ3) is 3.11. The van der Waals surface area contributed by atoms with Gasteiger partial charge in [0.2, 0.25) is 0 Å². The predicted molar refractivity (Wildman–Crippen MR) is 94.4 cm³/mol. The molecule has 0 fully saturated rings. The van der Waals surface area contributed by atoms with Gasteiger partial charge >= 0.3 is 5.97 Å². The van der Waals surface area contributed by atoms with Crippen molar-refractivity contribution in [3.63, 3.8) is 0 Å². The first-order valence-corrected chi connectivity index (χ1v) is 7.11. The minimum absolute atomic E-state index is 0.212. The molecular weight excluding hydrogens is 290 g/mol. The van der Waals surface area contributed by atoms with Gasteiger partial charge in [0.25, 0.3) is 0 Å². The van der Waals surface area contributed by atoms with Gasteiger partial charge in [0.15, 0.2) is 0 Å². The van der Waals surface area contributed by atoms with Gasteiger partial charge in [-0.3, -0.25) is 0 Å². The molecule has 0 bridgehead atoms. The normalized spacial score (nSPS) is 11.8. The summed E-state index contributed by atoms with van der Waals surface area (Å²) in [7, 11) is 1.62. The van der Waals surface area contributed by atoms with Crippen molar-refractivity contribution in [1.29, 1.82) is 0 Å². The number of carbonyl (C=O) groups is 1. The first-order chi connectivity index (χ1) is 11.0. The number of aromatic nitrogens is 1. The predicted octanol–water partition coefficient (Wildman–Crippen LogP) is 4.35. The van der Waals surface area contributed by atoms with Crippen molar-refractivity contribution in [2.24, 2.45) is 0 Å². The lowest BCUT2D eigenvalue weighted by Crippen LogP contribution is -1.97. The fourth-order valence-electron chi connectivity index (χ4n) is 2.40. The lowest BCUT2D eigenvalue weighted by atomic mass is 10.1. The van der Waals surface area contributed by atoms with Crippen LogP contribution in [0.2, 0.25) is 0 Å². The molecule has 0 saturated heterocycles. The average Bonchev–Trinajstić information content (AvgIpc) is 2.93. The van der Waals surface area contributed by atoms with Crippen molar-refractivity contribution < 1.29 is 14.6 Å². The number of hydrogen-bond donors (Lipinski definition) is 1. The van der Waals surface area contributed by atoms with Crippen LogP contribution in [0.1, 0.15) is 12.5 Å². The summed E-state index contributed by atoms with van der Waals surface area (Å²) in [5, 5.41) is 10.0. The van der Waals surface area contributed by atoms with Gasteiger partial charge in [-0.2, -0.15) is 0 Å². The van der Waals surface area contributed by atoms with Crippen molar-refractivity contribution in [2.45, 2.75) is 6.92 Å². The average molecular weight is 309 g/mol. The second kappa shape index (κ2) is 6.83. The third-order valence-electron chi connectivity index (χ3n) is 3.58. The molecule has 118 valence electrons. The highest BCUT2D eigenvalue weighted by Gasteiger charge is 2.12. The van der Waals surface area contributed by atoms with Crippen LogP contribution in [-0.2, 0) is 4.79 Å². The van der Waals surface area contributed by atoms with E-state index in [9.17, 15) is 4.79 Å². The molecule has 0 atom stereocenters. The SMILES string of the molecule is C=Cc1cn(C(=C)/C=C\C(=C/C)C(=O)O)c2cccc(OC)c12. The number of methoxy groups -OCH3 is 1. The molecule has 0 aliphatic carbocycles. The van der Waals surface area contributed by atoms with Gasteiger partial charge in [-0.1, -0.05) is 31.4 Å². The number of benzene rings is 1. The van der Waals surface area contributed by atoms with Crippen molar-refractivity contribution in [2.75, 3.05) is 7.11 Å². The van der Waals surface area contributed by atoms with E-state index in [0.29, 0.717) is 5.70 Å². The molecule has 0 spiro atoms. The standard InChI is InChI=1S/C19H19NO3/c1-5-14(19(21)22)11-10-13(3)20-12-15(6-2)18-16(20)8-7-9-17(18)23-4/h5-12H,2-3H2,1,4H3,(H,21,22)/b11-10-,14-5+. The van der Waals surface area contributed by atoms with Gasteiger partial charge in [-0.05, 0) is 31.2 Å². The van der Waals surface area contributed by atoms with Crippen molar-refractivity contribution in [3.05, 3.63) is 66.9 Å². The van der Waals surface area contributed by atoms with Crippen LogP contribution in [0.4, 0.5) is 0 Å². The number of carboxylic acid groups (broad SMARTS) is 1. The smallest absolute Gasteiger partial charge is 0.335 e. The monoisotopic (exact) mass is 309 g/mol. The summed E-state index contributed by atoms with van der Waals surface area (Å²) in [6.07, 6.45) is 8.41. The highest BCUT2D eigenvalue weighted by molar-refractivity contribution is 5.97. The molecule has 0 unspecified atom stereocenters. The van der Waals surface area contributed by atoms with E-state index in [1.165, 1.54) is 12.2 Å². The number of fused-ring (bicyclic) bond motifs is 1. The van der Waals surface area contributed by atoms with Gasteiger partial charge in [0.05, 0.1) is 18.2 Å². The largest absolute Gasteiger partial charge is 0.496 e. The number of carboxylic acids is 1. The number of hydrogen-bond acceptors (Lipinski definition) is 2. The molecule has 4 nitrogen and oxygen atoms in total. The van der Waals surface area contributed by atoms with Crippen LogP contribution >= 0.6 is 0 Å². The fourth-order valence-corrected chi connectivity index (χ4v) is 2.40. The molecule has 0 aliphatic heterocycles. The van der Waals surface area contributed by atoms with Gasteiger partial charge in [0, 0.05) is 22.8 Å². The molecule has 0 aliphatic rings. The van der Waals surface area contributed by atoms with Gasteiger partial charge in [0.1, 0.15) is 5.75 Å². The Morgan fingerprint density at radius 3 is 2.65 bits per heavy atom. The van der Waals surface area contributed by atoms with Gasteiger partial charge in [-0.25, -0.2) is 4.79 Å². The summed E-state index contributed by atoms with van der Waals surface area (Å²) in [6, 6.07) is 5.74. The van der Waals surface area contributed by atoms with Crippen LogP contribution in [0.15, 0.2) is 61.4 Å². The molecule has 1 heterocycles. The summed E-state index contributed by atoms with van der Waals surface area (Å²) >= 11 is 0. The number of allylic oxidation sites excluding steroid dienone is 3. The summed E-state index contributed by atoms with van der Waals surface area (Å²) in [5.41, 5.74) is 2.71. The van der Waals surface area contributed by atoms with Crippen LogP contribution in [0, 0.1) is 0 Å². The number of nitrogens with zero attached hydrogens (tertiary/aromatic N) is 1. The molecule has 1 aromatic heterocycles. The number of aliphatic carboxylic acids is 1. The van der Waals surface area contributed by atoms with Crippen LogP contribution in [-0.4, -0.2) is 22.8 Å². The molecule has 4 heteroatoms. The van der Waals surface area contributed by atoms with Crippen LogP contribution in [0.3, 0.4) is 0 Å². The molecule has 2 aromatic rings. The Kier molecular flexibility index (Phi) is 4.86. The van der Waals surface area contributed by atoms with E-state index in [-0.39, 0.29) is 5.57 Å². The highest BCUT2D eigenvalue weighted by Crippen LogP contribution is 2.32. The summed E-state index contributed by atoms with van der Waals surface area (Å²) in [6.45, 7) is 9.54. The van der Waals surface area contributed by atoms with Crippen molar-refractivity contribution in [3.8, 4) is 5.75 Å². The number of ether oxygens (including phenoxy) is 1. The first-order valence-electron chi connectivity index (χ1n) is 7.11. The molecule has 23 heavy (non-hydrogen) atoms. The molecule has 0 saturated carbocycles. The molecule has 2 rings (SSSR count). The van der Waals surface area contributed by atoms with Gasteiger partial charge in [-0.15, -0.1) is 0 Å². The van der Waals surface area contributed by atoms with E-state index in [2.05, 4.69) is 13.2 Å². The minimum Gasteiger partial charge on any atom is -0.496 e. The van der Waals surface area contributed by atoms with E-state index in [4.69, 9.17) is 9.84 Å². The Morgan fingerprint density at radius 1 is 1.35 bits per heavy atom. The lowest BCUT2D eigenvalue weighted by molar-refractivity contribution is -0.132. The molecule has 0 radical (unpaired) electrons. The van der Waals surface area contributed by atoms with Crippen molar-refractivity contribution in [1.82, 2.24) is 4.57 Å². The second-order valence-electron chi connectivity index (χ2n) is 4.89. The Balaban J connectivity index is 2.52. The maximum Gasteiger partial charge on any atom is 0.335 e. The number of rotatable bonds is 6. The zero-order valence-corrected chi connectivity index (χ0v) is 13.2. The maximum absolute atomic E-state index is 11.0. The first kappa shape index (κ1) is 16.4. The zero-order chi connectivity index (χ0) is 17.0. The fraction of sp³-hybridized carbons (Fsp3) is 0.105. The molecule has 1 N–H and O–H groups in total. The quantitative estimate of drug-likeness (QED) is 0.637. The summed E-state index contributed by atoms with van der Waals surface area (Å²) in [5.74, 6) is -0.213. The van der Waals surface area contributed by atoms with E-state index in [1.807, 2.05) is 29.0 Å². The molecule has 1 aromatic carbocycles. The Bertz CT molecular complexity index is 838. The highest BCUT2D eigenvalue weighted by atomic mass is 16.5. The van der Waals surface area contributed by atoms with Crippen molar-refractivity contribution >= 4 is 28.6 Å². The summed E-state index contributed by atoms with van der Waals surface area (Å²) in [4.78, 5) is 11.0. The van der Waals surface area contributed by atoms with E-state index in [1.54, 1.807) is 26.2 Å². The minimum atomic E-state index is -0.970. The Morgan fingerprint density at radius 2 is 2.09 bits per heavy atom. The molecular formula is C19H19NO3. The summed E-state index contributed by atoms with van der Waals surface area (Å²) < 4.78 is 7.30. The van der Waals surface area contributed by atoms with E-state index in [0.717, 1.165) is 22.2 Å². The Labute approximate surface area is 135 Å². The van der Waals surface area contributed by atoms with Crippen LogP contribution in [0.25, 0.3) is 22.7 Å². The van der Waals surface area contributed by atoms with Gasteiger partial charge < -0.3 is 14.4 Å². The van der Waals surface area contributed by atoms with E-state index < -0.39 is 5.97 Å². The second-order valence-corrected chi connectivity index (χ2v) is 4.89. The topological polar surface area (TPSA) is 51.5 Å². The lowest BCUT2D eigenvalue weighted by Gasteiger charge is -2.06. The van der Waals surface area contributed by atoms with E-state index >= 15 is 0 Å². The zero-order valence-electron chi connectivity index (χ0n) is 13.2.